The fraction of sp³-hybridized carbons (Fsp3) is 0.538. The van der Waals surface area contributed by atoms with Gasteiger partial charge >= 0.3 is 0 Å². The molecule has 2 N–H and O–H groups in total. The van der Waals surface area contributed by atoms with Gasteiger partial charge in [-0.05, 0) is 18.7 Å². The van der Waals surface area contributed by atoms with E-state index in [1.54, 1.807) is 7.11 Å². The molecule has 1 aromatic rings. The molecular formula is C13H21N3O. The Bertz CT molecular complexity index is 373. The fourth-order valence-corrected chi connectivity index (χ4v) is 2.18. The van der Waals surface area contributed by atoms with Gasteiger partial charge in [-0.1, -0.05) is 6.07 Å². The van der Waals surface area contributed by atoms with Gasteiger partial charge in [0, 0.05) is 44.5 Å². The molecule has 0 unspecified atom stereocenters. The normalized spacial score (nSPS) is 17.2. The van der Waals surface area contributed by atoms with Gasteiger partial charge in [-0.25, -0.2) is 0 Å². The van der Waals surface area contributed by atoms with E-state index in [2.05, 4.69) is 29.0 Å². The van der Waals surface area contributed by atoms with Crippen molar-refractivity contribution in [3.63, 3.8) is 0 Å². The van der Waals surface area contributed by atoms with E-state index < -0.39 is 0 Å². The maximum atomic E-state index is 5.80. The first-order valence-electron chi connectivity index (χ1n) is 6.05. The SMILES string of the molecule is COc1ccc(CN)c(N2CCN(C)CC2)c1. The summed E-state index contributed by atoms with van der Waals surface area (Å²) in [5.41, 5.74) is 8.21. The zero-order valence-corrected chi connectivity index (χ0v) is 10.6. The van der Waals surface area contributed by atoms with Gasteiger partial charge < -0.3 is 20.3 Å². The summed E-state index contributed by atoms with van der Waals surface area (Å²) in [5.74, 6) is 0.899. The lowest BCUT2D eigenvalue weighted by Crippen LogP contribution is -2.44. The Kier molecular flexibility index (Phi) is 3.86. The molecule has 0 aromatic heterocycles. The van der Waals surface area contributed by atoms with Crippen molar-refractivity contribution >= 4 is 5.69 Å². The van der Waals surface area contributed by atoms with Crippen molar-refractivity contribution in [1.29, 1.82) is 0 Å². The third-order valence-electron chi connectivity index (χ3n) is 3.36. The van der Waals surface area contributed by atoms with E-state index in [9.17, 15) is 0 Å². The summed E-state index contributed by atoms with van der Waals surface area (Å²) in [6.45, 7) is 4.88. The van der Waals surface area contributed by atoms with Crippen molar-refractivity contribution in [3.8, 4) is 5.75 Å². The first-order valence-corrected chi connectivity index (χ1v) is 6.05. The molecule has 1 heterocycles. The Labute approximate surface area is 103 Å². The van der Waals surface area contributed by atoms with Crippen LogP contribution in [0.5, 0.6) is 5.75 Å². The van der Waals surface area contributed by atoms with Gasteiger partial charge in [-0.15, -0.1) is 0 Å². The number of hydrogen-bond donors (Lipinski definition) is 1. The fourth-order valence-electron chi connectivity index (χ4n) is 2.18. The highest BCUT2D eigenvalue weighted by atomic mass is 16.5. The molecule has 2 rings (SSSR count). The lowest BCUT2D eigenvalue weighted by molar-refractivity contribution is 0.312. The van der Waals surface area contributed by atoms with Crippen LogP contribution in [0.1, 0.15) is 5.56 Å². The van der Waals surface area contributed by atoms with Crippen LogP contribution in [0.15, 0.2) is 18.2 Å². The smallest absolute Gasteiger partial charge is 0.120 e. The van der Waals surface area contributed by atoms with E-state index >= 15 is 0 Å². The number of hydrogen-bond acceptors (Lipinski definition) is 4. The lowest BCUT2D eigenvalue weighted by Gasteiger charge is -2.35. The molecular weight excluding hydrogens is 214 g/mol. The summed E-state index contributed by atoms with van der Waals surface area (Å²) in [4.78, 5) is 4.74. The Morgan fingerprint density at radius 2 is 1.94 bits per heavy atom. The number of anilines is 1. The zero-order valence-electron chi connectivity index (χ0n) is 10.6. The molecule has 0 radical (unpaired) electrons. The van der Waals surface area contributed by atoms with Gasteiger partial charge in [0.15, 0.2) is 0 Å². The number of nitrogens with zero attached hydrogens (tertiary/aromatic N) is 2. The van der Waals surface area contributed by atoms with Crippen LogP contribution >= 0.6 is 0 Å². The van der Waals surface area contributed by atoms with Gasteiger partial charge in [-0.3, -0.25) is 0 Å². The molecule has 94 valence electrons. The van der Waals surface area contributed by atoms with E-state index in [0.717, 1.165) is 31.9 Å². The summed E-state index contributed by atoms with van der Waals surface area (Å²) >= 11 is 0. The van der Waals surface area contributed by atoms with Gasteiger partial charge in [-0.2, -0.15) is 0 Å². The minimum absolute atomic E-state index is 0.575. The largest absolute Gasteiger partial charge is 0.497 e. The number of ether oxygens (including phenoxy) is 1. The monoisotopic (exact) mass is 235 g/mol. The summed E-state index contributed by atoms with van der Waals surface area (Å²) in [5, 5.41) is 0. The molecule has 0 bridgehead atoms. The Balaban J connectivity index is 2.23. The topological polar surface area (TPSA) is 41.7 Å². The standard InChI is InChI=1S/C13H21N3O/c1-15-5-7-16(8-6-15)13-9-12(17-2)4-3-11(13)10-14/h3-4,9H,5-8,10,14H2,1-2H3. The molecule has 0 saturated carbocycles. The third-order valence-corrected chi connectivity index (χ3v) is 3.36. The molecule has 0 atom stereocenters. The molecule has 1 aromatic carbocycles. The van der Waals surface area contributed by atoms with Crippen LogP contribution in [0.3, 0.4) is 0 Å². The van der Waals surface area contributed by atoms with Crippen molar-refractivity contribution in [3.05, 3.63) is 23.8 Å². The number of likely N-dealkylation sites (N-methyl/N-ethyl adjacent to an activating group) is 1. The van der Waals surface area contributed by atoms with E-state index in [0.29, 0.717) is 6.54 Å². The second kappa shape index (κ2) is 5.38. The van der Waals surface area contributed by atoms with Crippen LogP contribution in [-0.4, -0.2) is 45.2 Å². The average molecular weight is 235 g/mol. The molecule has 0 spiro atoms. The number of methoxy groups -OCH3 is 1. The second-order valence-corrected chi connectivity index (χ2v) is 4.49. The quantitative estimate of drug-likeness (QED) is 0.845. The van der Waals surface area contributed by atoms with Gasteiger partial charge in [0.1, 0.15) is 5.75 Å². The molecule has 4 heteroatoms. The molecule has 1 saturated heterocycles. The summed E-state index contributed by atoms with van der Waals surface area (Å²) in [6.07, 6.45) is 0. The molecule has 4 nitrogen and oxygen atoms in total. The predicted octanol–water partition coefficient (Wildman–Crippen LogP) is 0.906. The highest BCUT2D eigenvalue weighted by Crippen LogP contribution is 2.26. The van der Waals surface area contributed by atoms with Crippen LogP contribution in [0.4, 0.5) is 5.69 Å². The van der Waals surface area contributed by atoms with Crippen LogP contribution in [-0.2, 0) is 6.54 Å². The van der Waals surface area contributed by atoms with Crippen molar-refractivity contribution in [2.45, 2.75) is 6.54 Å². The van der Waals surface area contributed by atoms with E-state index in [-0.39, 0.29) is 0 Å². The van der Waals surface area contributed by atoms with Crippen LogP contribution < -0.4 is 15.4 Å². The number of nitrogens with two attached hydrogens (primary N) is 1. The Morgan fingerprint density at radius 1 is 1.24 bits per heavy atom. The van der Waals surface area contributed by atoms with Crippen molar-refractivity contribution in [2.75, 3.05) is 45.2 Å². The second-order valence-electron chi connectivity index (χ2n) is 4.49. The Hall–Kier alpha value is -1.26. The minimum Gasteiger partial charge on any atom is -0.497 e. The first kappa shape index (κ1) is 12.2. The molecule has 0 aliphatic carbocycles. The molecule has 1 fully saturated rings. The lowest BCUT2D eigenvalue weighted by atomic mass is 10.1. The highest BCUT2D eigenvalue weighted by Gasteiger charge is 2.17. The van der Waals surface area contributed by atoms with Crippen molar-refractivity contribution in [2.24, 2.45) is 5.73 Å². The number of piperazine rings is 1. The molecule has 1 aliphatic rings. The number of benzene rings is 1. The van der Waals surface area contributed by atoms with Gasteiger partial charge in [0.25, 0.3) is 0 Å². The molecule has 1 aliphatic heterocycles. The third kappa shape index (κ3) is 2.70. The average Bonchev–Trinajstić information content (AvgIpc) is 2.39. The van der Waals surface area contributed by atoms with Crippen LogP contribution in [0.2, 0.25) is 0 Å². The van der Waals surface area contributed by atoms with Crippen LogP contribution in [0, 0.1) is 0 Å². The zero-order chi connectivity index (χ0) is 12.3. The summed E-state index contributed by atoms with van der Waals surface area (Å²) in [7, 11) is 3.86. The Morgan fingerprint density at radius 3 is 2.53 bits per heavy atom. The van der Waals surface area contributed by atoms with Crippen molar-refractivity contribution in [1.82, 2.24) is 4.90 Å². The van der Waals surface area contributed by atoms with E-state index in [4.69, 9.17) is 10.5 Å². The highest BCUT2D eigenvalue weighted by molar-refractivity contribution is 5.57. The maximum absolute atomic E-state index is 5.80. The molecule has 0 amide bonds. The van der Waals surface area contributed by atoms with Gasteiger partial charge in [0.05, 0.1) is 7.11 Å². The number of rotatable bonds is 3. The van der Waals surface area contributed by atoms with E-state index in [1.807, 2.05) is 6.07 Å². The predicted molar refractivity (Wildman–Crippen MR) is 70.6 cm³/mol. The van der Waals surface area contributed by atoms with Gasteiger partial charge in [0.2, 0.25) is 0 Å². The summed E-state index contributed by atoms with van der Waals surface area (Å²) in [6, 6.07) is 6.13. The minimum atomic E-state index is 0.575. The molecule has 17 heavy (non-hydrogen) atoms. The van der Waals surface area contributed by atoms with E-state index in [1.165, 1.54) is 11.3 Å². The maximum Gasteiger partial charge on any atom is 0.120 e. The summed E-state index contributed by atoms with van der Waals surface area (Å²) < 4.78 is 5.29. The van der Waals surface area contributed by atoms with Crippen LogP contribution in [0.25, 0.3) is 0 Å². The van der Waals surface area contributed by atoms with Crippen molar-refractivity contribution < 1.29 is 4.74 Å². The first-order chi connectivity index (χ1) is 8.24.